The minimum absolute atomic E-state index is 0.0279. The molecular weight excluding hydrogens is 516 g/mol. The molecule has 6 rings (SSSR count). The van der Waals surface area contributed by atoms with Gasteiger partial charge in [-0.15, -0.1) is 0 Å². The fourth-order valence-corrected chi connectivity index (χ4v) is 4.66. The molecule has 0 aliphatic heterocycles. The molecule has 0 amide bonds. The summed E-state index contributed by atoms with van der Waals surface area (Å²) in [5.41, 5.74) is 0.509. The molecule has 2 heterocycles. The monoisotopic (exact) mass is 536 g/mol. The first kappa shape index (κ1) is 24.6. The number of phenols is 4. The largest absolute Gasteiger partial charge is 0.508 e. The van der Waals surface area contributed by atoms with Crippen molar-refractivity contribution >= 4 is 21.9 Å². The number of fused-ring (bicyclic) bond motifs is 2. The average molecular weight is 536 g/mol. The molecule has 2 aromatic heterocycles. The van der Waals surface area contributed by atoms with Gasteiger partial charge in [0.05, 0.1) is 7.11 Å². The molecule has 0 saturated heterocycles. The highest BCUT2D eigenvalue weighted by molar-refractivity contribution is 5.98. The third-order valence-electron chi connectivity index (χ3n) is 6.60. The van der Waals surface area contributed by atoms with Crippen molar-refractivity contribution in [3.05, 3.63) is 99.3 Å². The standard InChI is InChI=1S/C31H20O9/c1-38-18-5-2-15(3-6-18)26-14-25(37)30-22(34)9-7-19(31(30)40-26)20-10-16(4-8-21(20)33)27-13-24(36)29-23(35)11-17(32)12-28(29)39-27/h2-14,32-35H,1H3. The summed E-state index contributed by atoms with van der Waals surface area (Å²) in [4.78, 5) is 25.8. The second-order valence-corrected chi connectivity index (χ2v) is 9.08. The molecule has 198 valence electrons. The Morgan fingerprint density at radius 3 is 1.98 bits per heavy atom. The predicted molar refractivity (Wildman–Crippen MR) is 148 cm³/mol. The molecule has 4 N–H and O–H groups in total. The Kier molecular flexibility index (Phi) is 5.69. The van der Waals surface area contributed by atoms with Crippen molar-refractivity contribution in [3.63, 3.8) is 0 Å². The van der Waals surface area contributed by atoms with Crippen LogP contribution in [-0.2, 0) is 0 Å². The maximum atomic E-state index is 13.1. The molecule has 0 bridgehead atoms. The van der Waals surface area contributed by atoms with Gasteiger partial charge >= 0.3 is 0 Å². The quantitative estimate of drug-likeness (QED) is 0.221. The van der Waals surface area contributed by atoms with Gasteiger partial charge in [0.25, 0.3) is 0 Å². The van der Waals surface area contributed by atoms with E-state index in [1.54, 1.807) is 24.3 Å². The molecule has 0 aliphatic rings. The van der Waals surface area contributed by atoms with Crippen LogP contribution in [-0.4, -0.2) is 27.5 Å². The Bertz CT molecular complexity index is 2070. The summed E-state index contributed by atoms with van der Waals surface area (Å²) in [7, 11) is 1.54. The number of aromatic hydroxyl groups is 4. The van der Waals surface area contributed by atoms with Crippen LogP contribution in [0.5, 0.6) is 28.7 Å². The van der Waals surface area contributed by atoms with Gasteiger partial charge in [-0.05, 0) is 54.6 Å². The molecule has 0 fully saturated rings. The molecule has 9 nitrogen and oxygen atoms in total. The summed E-state index contributed by atoms with van der Waals surface area (Å²) < 4.78 is 17.1. The van der Waals surface area contributed by atoms with Gasteiger partial charge in [0.15, 0.2) is 10.9 Å². The number of hydrogen-bond acceptors (Lipinski definition) is 9. The van der Waals surface area contributed by atoms with Gasteiger partial charge < -0.3 is 34.0 Å². The molecular formula is C31H20O9. The number of rotatable bonds is 4. The van der Waals surface area contributed by atoms with Gasteiger partial charge in [0.2, 0.25) is 0 Å². The Morgan fingerprint density at radius 1 is 0.600 bits per heavy atom. The van der Waals surface area contributed by atoms with Crippen LogP contribution in [0.1, 0.15) is 0 Å². The zero-order chi connectivity index (χ0) is 28.1. The number of phenolic OH excluding ortho intramolecular Hbond substituents is 4. The topological polar surface area (TPSA) is 151 Å². The third-order valence-corrected chi connectivity index (χ3v) is 6.60. The van der Waals surface area contributed by atoms with Crippen molar-refractivity contribution in [2.75, 3.05) is 7.11 Å². The molecule has 0 aliphatic carbocycles. The van der Waals surface area contributed by atoms with E-state index in [0.717, 1.165) is 6.07 Å². The highest BCUT2D eigenvalue weighted by atomic mass is 16.5. The lowest BCUT2D eigenvalue weighted by molar-refractivity contribution is 0.415. The van der Waals surface area contributed by atoms with Gasteiger partial charge in [-0.25, -0.2) is 0 Å². The van der Waals surface area contributed by atoms with E-state index in [1.807, 2.05) is 0 Å². The first-order valence-corrected chi connectivity index (χ1v) is 12.0. The van der Waals surface area contributed by atoms with E-state index >= 15 is 0 Å². The minimum Gasteiger partial charge on any atom is -0.508 e. The minimum atomic E-state index is -0.534. The lowest BCUT2D eigenvalue weighted by Crippen LogP contribution is -2.02. The zero-order valence-electron chi connectivity index (χ0n) is 20.8. The van der Waals surface area contributed by atoms with E-state index in [1.165, 1.54) is 55.6 Å². The Morgan fingerprint density at radius 2 is 1.25 bits per heavy atom. The normalized spacial score (nSPS) is 11.2. The van der Waals surface area contributed by atoms with Crippen molar-refractivity contribution in [3.8, 4) is 62.5 Å². The predicted octanol–water partition coefficient (Wildman–Crippen LogP) is 5.73. The summed E-state index contributed by atoms with van der Waals surface area (Å²) >= 11 is 0. The lowest BCUT2D eigenvalue weighted by atomic mass is 9.98. The number of benzene rings is 4. The van der Waals surface area contributed by atoms with E-state index in [2.05, 4.69) is 0 Å². The maximum Gasteiger partial charge on any atom is 0.197 e. The molecule has 0 saturated carbocycles. The van der Waals surface area contributed by atoms with Crippen LogP contribution in [0.4, 0.5) is 0 Å². The van der Waals surface area contributed by atoms with Crippen molar-refractivity contribution in [1.29, 1.82) is 0 Å². The molecule has 9 heteroatoms. The van der Waals surface area contributed by atoms with Crippen LogP contribution in [0.2, 0.25) is 0 Å². The fraction of sp³-hybridized carbons (Fsp3) is 0.0323. The summed E-state index contributed by atoms with van der Waals surface area (Å²) in [6, 6.07) is 18.9. The summed E-state index contributed by atoms with van der Waals surface area (Å²) in [5.74, 6) is -0.182. The third kappa shape index (κ3) is 4.06. The second kappa shape index (κ2) is 9.25. The van der Waals surface area contributed by atoms with Gasteiger partial charge in [-0.1, -0.05) is 0 Å². The SMILES string of the molecule is COc1ccc(-c2cc(=O)c3c(O)ccc(-c4cc(-c5cc(=O)c6c(O)cc(O)cc6o5)ccc4O)c3o2)cc1. The second-order valence-electron chi connectivity index (χ2n) is 9.08. The first-order valence-electron chi connectivity index (χ1n) is 12.0. The molecule has 0 radical (unpaired) electrons. The van der Waals surface area contributed by atoms with Crippen LogP contribution >= 0.6 is 0 Å². The van der Waals surface area contributed by atoms with Gasteiger partial charge in [0.1, 0.15) is 62.2 Å². The fourth-order valence-electron chi connectivity index (χ4n) is 4.66. The zero-order valence-corrected chi connectivity index (χ0v) is 20.8. The summed E-state index contributed by atoms with van der Waals surface area (Å²) in [5, 5.41) is 41.1. The van der Waals surface area contributed by atoms with E-state index in [-0.39, 0.29) is 56.3 Å². The number of hydrogen-bond donors (Lipinski definition) is 4. The van der Waals surface area contributed by atoms with Crippen molar-refractivity contribution in [2.45, 2.75) is 0 Å². The van der Waals surface area contributed by atoms with Gasteiger partial charge in [-0.2, -0.15) is 0 Å². The van der Waals surface area contributed by atoms with Crippen LogP contribution in [0.3, 0.4) is 0 Å². The Labute approximate surface area is 225 Å². The molecule has 40 heavy (non-hydrogen) atoms. The first-order chi connectivity index (χ1) is 19.2. The van der Waals surface area contributed by atoms with Crippen molar-refractivity contribution in [2.24, 2.45) is 0 Å². The average Bonchev–Trinajstić information content (AvgIpc) is 2.93. The smallest absolute Gasteiger partial charge is 0.197 e. The van der Waals surface area contributed by atoms with E-state index in [4.69, 9.17) is 13.6 Å². The van der Waals surface area contributed by atoms with Crippen LogP contribution in [0.15, 0.2) is 97.3 Å². The summed E-state index contributed by atoms with van der Waals surface area (Å²) in [6.07, 6.45) is 0. The van der Waals surface area contributed by atoms with Crippen molar-refractivity contribution < 1.29 is 34.0 Å². The maximum absolute atomic E-state index is 13.1. The van der Waals surface area contributed by atoms with E-state index < -0.39 is 16.6 Å². The molecule has 6 aromatic rings. The van der Waals surface area contributed by atoms with Crippen LogP contribution < -0.4 is 15.6 Å². The molecule has 0 atom stereocenters. The van der Waals surface area contributed by atoms with Crippen LogP contribution in [0, 0.1) is 0 Å². The molecule has 4 aromatic carbocycles. The lowest BCUT2D eigenvalue weighted by Gasteiger charge is -2.12. The number of ether oxygens (including phenoxy) is 1. The van der Waals surface area contributed by atoms with Crippen molar-refractivity contribution in [1.82, 2.24) is 0 Å². The van der Waals surface area contributed by atoms with Crippen LogP contribution in [0.25, 0.3) is 55.7 Å². The summed E-state index contributed by atoms with van der Waals surface area (Å²) in [6.45, 7) is 0. The Hall–Kier alpha value is -5.70. The highest BCUT2D eigenvalue weighted by Gasteiger charge is 2.19. The highest BCUT2D eigenvalue weighted by Crippen LogP contribution is 2.40. The molecule has 0 spiro atoms. The van der Waals surface area contributed by atoms with E-state index in [0.29, 0.717) is 22.4 Å². The van der Waals surface area contributed by atoms with Gasteiger partial charge in [0, 0.05) is 46.5 Å². The number of methoxy groups -OCH3 is 1. The van der Waals surface area contributed by atoms with Gasteiger partial charge in [-0.3, -0.25) is 9.59 Å². The molecule has 0 unspecified atom stereocenters. The van der Waals surface area contributed by atoms with E-state index in [9.17, 15) is 30.0 Å². The Balaban J connectivity index is 1.56.